The average molecular weight is 425 g/mol. The van der Waals surface area contributed by atoms with Gasteiger partial charge in [0.15, 0.2) is 0 Å². The Kier molecular flexibility index (Phi) is 7.52. The number of hydrogen-bond donors (Lipinski definition) is 1. The number of halogens is 3. The van der Waals surface area contributed by atoms with Gasteiger partial charge in [-0.2, -0.15) is 17.5 Å². The summed E-state index contributed by atoms with van der Waals surface area (Å²) in [6, 6.07) is 2.87. The van der Waals surface area contributed by atoms with E-state index in [1.54, 1.807) is 0 Å². The highest BCUT2D eigenvalue weighted by molar-refractivity contribution is 8.00. The van der Waals surface area contributed by atoms with Gasteiger partial charge in [0, 0.05) is 19.3 Å². The van der Waals surface area contributed by atoms with Crippen LogP contribution in [-0.2, 0) is 14.8 Å². The van der Waals surface area contributed by atoms with Crippen LogP contribution in [0, 0.1) is 0 Å². The molecule has 0 bridgehead atoms. The van der Waals surface area contributed by atoms with Crippen LogP contribution in [0.1, 0.15) is 32.6 Å². The van der Waals surface area contributed by atoms with Crippen molar-refractivity contribution in [3.05, 3.63) is 18.3 Å². The van der Waals surface area contributed by atoms with Crippen molar-refractivity contribution in [1.82, 2.24) is 14.6 Å². The van der Waals surface area contributed by atoms with Crippen molar-refractivity contribution in [1.29, 1.82) is 0 Å². The number of sulfonamides is 1. The lowest BCUT2D eigenvalue weighted by atomic mass is 10.2. The molecule has 11 heteroatoms. The fourth-order valence-electron chi connectivity index (χ4n) is 2.59. The number of amides is 1. The molecule has 27 heavy (non-hydrogen) atoms. The number of pyridine rings is 1. The lowest BCUT2D eigenvalue weighted by molar-refractivity contribution is -0.137. The Morgan fingerprint density at radius 2 is 1.89 bits per heavy atom. The summed E-state index contributed by atoms with van der Waals surface area (Å²) in [4.78, 5) is 15.8. The number of carbonyl (C=O) groups is 1. The van der Waals surface area contributed by atoms with Gasteiger partial charge in [-0.25, -0.2) is 13.4 Å². The molecule has 2 rings (SSSR count). The van der Waals surface area contributed by atoms with Crippen molar-refractivity contribution in [3.63, 3.8) is 0 Å². The first-order valence-corrected chi connectivity index (χ1v) is 10.9. The standard InChI is InChI=1S/C16H22F3N3O3S2/c1-12(15(23)21-11-16(17,18)19)26-14-7-6-13(10-20-14)27(24,25)22-8-4-2-3-5-9-22/h6-7,10,12H,2-5,8-9,11H2,1H3,(H,21,23)/t12-/m0/s1. The van der Waals surface area contributed by atoms with Gasteiger partial charge in [0.05, 0.1) is 10.3 Å². The lowest BCUT2D eigenvalue weighted by Crippen LogP contribution is -2.38. The first-order chi connectivity index (χ1) is 12.6. The van der Waals surface area contributed by atoms with Crippen molar-refractivity contribution >= 4 is 27.7 Å². The van der Waals surface area contributed by atoms with E-state index in [0.717, 1.165) is 37.4 Å². The molecule has 0 saturated carbocycles. The smallest absolute Gasteiger partial charge is 0.346 e. The van der Waals surface area contributed by atoms with Gasteiger partial charge < -0.3 is 5.32 Å². The van der Waals surface area contributed by atoms with E-state index in [1.807, 2.05) is 5.32 Å². The van der Waals surface area contributed by atoms with Crippen molar-refractivity contribution in [2.24, 2.45) is 0 Å². The fraction of sp³-hybridized carbons (Fsp3) is 0.625. The number of thioether (sulfide) groups is 1. The molecule has 1 N–H and O–H groups in total. The minimum atomic E-state index is -4.47. The Labute approximate surface area is 161 Å². The van der Waals surface area contributed by atoms with Crippen LogP contribution in [0.3, 0.4) is 0 Å². The quantitative estimate of drug-likeness (QED) is 0.709. The maximum atomic E-state index is 12.7. The van der Waals surface area contributed by atoms with Crippen LogP contribution in [0.5, 0.6) is 0 Å². The second-order valence-electron chi connectivity index (χ2n) is 6.24. The van der Waals surface area contributed by atoms with Crippen LogP contribution >= 0.6 is 11.8 Å². The summed E-state index contributed by atoms with van der Waals surface area (Å²) in [6.07, 6.45) is 0.420. The number of hydrogen-bond acceptors (Lipinski definition) is 5. The maximum absolute atomic E-state index is 12.7. The fourth-order valence-corrected chi connectivity index (χ4v) is 4.86. The Morgan fingerprint density at radius 1 is 1.26 bits per heavy atom. The topological polar surface area (TPSA) is 79.4 Å². The van der Waals surface area contributed by atoms with Crippen molar-refractivity contribution in [3.8, 4) is 0 Å². The molecular formula is C16H22F3N3O3S2. The molecule has 1 aliphatic rings. The van der Waals surface area contributed by atoms with Gasteiger partial charge in [-0.1, -0.05) is 24.6 Å². The molecule has 1 aliphatic heterocycles. The molecule has 1 amide bonds. The number of carbonyl (C=O) groups excluding carboxylic acids is 1. The molecule has 0 spiro atoms. The molecule has 152 valence electrons. The molecule has 0 unspecified atom stereocenters. The van der Waals surface area contributed by atoms with Crippen molar-refractivity contribution in [2.75, 3.05) is 19.6 Å². The predicted octanol–water partition coefficient (Wildman–Crippen LogP) is 2.81. The minimum absolute atomic E-state index is 0.0722. The van der Waals surface area contributed by atoms with E-state index in [-0.39, 0.29) is 4.90 Å². The van der Waals surface area contributed by atoms with E-state index in [1.165, 1.54) is 29.6 Å². The summed E-state index contributed by atoms with van der Waals surface area (Å²) < 4.78 is 63.2. The van der Waals surface area contributed by atoms with Gasteiger partial charge in [-0.05, 0) is 31.9 Å². The molecule has 0 radical (unpaired) electrons. The van der Waals surface area contributed by atoms with E-state index in [9.17, 15) is 26.4 Å². The number of nitrogens with zero attached hydrogens (tertiary/aromatic N) is 2. The number of rotatable bonds is 6. The second-order valence-corrected chi connectivity index (χ2v) is 9.54. The van der Waals surface area contributed by atoms with Crippen molar-refractivity contribution < 1.29 is 26.4 Å². The molecule has 1 aromatic heterocycles. The van der Waals surface area contributed by atoms with Gasteiger partial charge >= 0.3 is 6.18 Å². The summed E-state index contributed by atoms with van der Waals surface area (Å²) >= 11 is 0.962. The van der Waals surface area contributed by atoms with Crippen LogP contribution < -0.4 is 5.32 Å². The number of nitrogens with one attached hydrogen (secondary N) is 1. The molecule has 0 aliphatic carbocycles. The zero-order valence-corrected chi connectivity index (χ0v) is 16.5. The Bertz CT molecular complexity index is 732. The zero-order valence-electron chi connectivity index (χ0n) is 14.8. The Balaban J connectivity index is 1.98. The molecular weight excluding hydrogens is 403 g/mol. The van der Waals surface area contributed by atoms with Crippen LogP contribution in [-0.4, -0.2) is 54.7 Å². The van der Waals surface area contributed by atoms with Gasteiger partial charge in [-0.15, -0.1) is 0 Å². The highest BCUT2D eigenvalue weighted by Crippen LogP contribution is 2.25. The lowest BCUT2D eigenvalue weighted by Gasteiger charge is -2.19. The summed E-state index contributed by atoms with van der Waals surface area (Å²) in [5.41, 5.74) is 0. The third-order valence-electron chi connectivity index (χ3n) is 4.04. The summed E-state index contributed by atoms with van der Waals surface area (Å²) in [6.45, 7) is 1.03. The Hall–Kier alpha value is -1.33. The third kappa shape index (κ3) is 6.65. The van der Waals surface area contributed by atoms with Gasteiger partial charge in [0.2, 0.25) is 15.9 Å². The monoisotopic (exact) mass is 425 g/mol. The molecule has 1 saturated heterocycles. The molecule has 1 atom stereocenters. The highest BCUT2D eigenvalue weighted by atomic mass is 32.2. The van der Waals surface area contributed by atoms with Crippen molar-refractivity contribution in [2.45, 2.75) is 54.0 Å². The molecule has 1 fully saturated rings. The molecule has 0 aromatic carbocycles. The van der Waals surface area contributed by atoms with E-state index < -0.39 is 33.9 Å². The van der Waals surface area contributed by atoms with Crippen LogP contribution in [0.15, 0.2) is 28.3 Å². The van der Waals surface area contributed by atoms with Gasteiger partial charge in [-0.3, -0.25) is 4.79 Å². The van der Waals surface area contributed by atoms with Crippen LogP contribution in [0.25, 0.3) is 0 Å². The SMILES string of the molecule is C[C@H](Sc1ccc(S(=O)(=O)N2CCCCCC2)cn1)C(=O)NCC(F)(F)F. The highest BCUT2D eigenvalue weighted by Gasteiger charge is 2.29. The van der Waals surface area contributed by atoms with E-state index >= 15 is 0 Å². The normalized spacial score (nSPS) is 17.9. The van der Waals surface area contributed by atoms with Gasteiger partial charge in [0.25, 0.3) is 0 Å². The van der Waals surface area contributed by atoms with Crippen LogP contribution in [0.4, 0.5) is 13.2 Å². The number of alkyl halides is 3. The van der Waals surface area contributed by atoms with Crippen LogP contribution in [0.2, 0.25) is 0 Å². The van der Waals surface area contributed by atoms with Gasteiger partial charge in [0.1, 0.15) is 11.4 Å². The maximum Gasteiger partial charge on any atom is 0.405 e. The first kappa shape index (κ1) is 22.0. The third-order valence-corrected chi connectivity index (χ3v) is 6.97. The predicted molar refractivity (Wildman–Crippen MR) is 95.8 cm³/mol. The summed E-state index contributed by atoms with van der Waals surface area (Å²) in [7, 11) is -3.61. The average Bonchev–Trinajstić information content (AvgIpc) is 2.89. The van der Waals surface area contributed by atoms with E-state index in [2.05, 4.69) is 4.98 Å². The van der Waals surface area contributed by atoms with E-state index in [4.69, 9.17) is 0 Å². The molecule has 6 nitrogen and oxygen atoms in total. The Morgan fingerprint density at radius 3 is 2.41 bits per heavy atom. The van der Waals surface area contributed by atoms with E-state index in [0.29, 0.717) is 18.1 Å². The zero-order chi connectivity index (χ0) is 20.1. The minimum Gasteiger partial charge on any atom is -0.346 e. The molecule has 1 aromatic rings. The first-order valence-electron chi connectivity index (χ1n) is 8.57. The summed E-state index contributed by atoms with van der Waals surface area (Å²) in [5, 5.41) is 1.37. The largest absolute Gasteiger partial charge is 0.405 e. The summed E-state index contributed by atoms with van der Waals surface area (Å²) in [5.74, 6) is -0.764. The second kappa shape index (κ2) is 9.24. The number of aromatic nitrogens is 1. The molecule has 2 heterocycles.